The second-order valence-corrected chi connectivity index (χ2v) is 10.9. The average Bonchev–Trinajstić information content (AvgIpc) is 3.21. The van der Waals surface area contributed by atoms with Crippen LogP contribution in [-0.4, -0.2) is 33.1 Å². The van der Waals surface area contributed by atoms with E-state index >= 15 is 0 Å². The van der Waals surface area contributed by atoms with Gasteiger partial charge in [-0.15, -0.1) is 30.1 Å². The highest BCUT2D eigenvalue weighted by molar-refractivity contribution is 8.20. The van der Waals surface area contributed by atoms with Gasteiger partial charge in [-0.3, -0.25) is 4.79 Å². The Kier molecular flexibility index (Phi) is 5.30. The van der Waals surface area contributed by atoms with Crippen LogP contribution in [0.15, 0.2) is 23.8 Å². The van der Waals surface area contributed by atoms with Crippen molar-refractivity contribution in [3.63, 3.8) is 0 Å². The number of rotatable bonds is 5. The molecule has 0 aromatic carbocycles. The average molecular weight is 367 g/mol. The maximum atomic E-state index is 12.6. The Morgan fingerprint density at radius 2 is 2.04 bits per heavy atom. The Morgan fingerprint density at radius 1 is 1.38 bits per heavy atom. The molecule has 0 aromatic rings. The van der Waals surface area contributed by atoms with Gasteiger partial charge in [0.2, 0.25) is 0 Å². The smallest absolute Gasteiger partial charge is 0.159 e. The van der Waals surface area contributed by atoms with E-state index in [9.17, 15) is 9.90 Å². The van der Waals surface area contributed by atoms with E-state index in [1.54, 1.807) is 0 Å². The van der Waals surface area contributed by atoms with E-state index in [-0.39, 0.29) is 11.2 Å². The summed E-state index contributed by atoms with van der Waals surface area (Å²) in [5.74, 6) is 2.97. The van der Waals surface area contributed by atoms with Gasteiger partial charge in [-0.05, 0) is 31.6 Å². The van der Waals surface area contributed by atoms with E-state index in [1.165, 1.54) is 17.1 Å². The van der Waals surface area contributed by atoms with Crippen molar-refractivity contribution in [2.75, 3.05) is 11.5 Å². The summed E-state index contributed by atoms with van der Waals surface area (Å²) in [4.78, 5) is 12.6. The van der Waals surface area contributed by atoms with Crippen molar-refractivity contribution in [1.29, 1.82) is 0 Å². The summed E-state index contributed by atoms with van der Waals surface area (Å²) in [6, 6.07) is 0. The highest BCUT2D eigenvalue weighted by Gasteiger charge is 2.51. The molecule has 0 radical (unpaired) electrons. The van der Waals surface area contributed by atoms with E-state index in [2.05, 4.69) is 27.4 Å². The van der Waals surface area contributed by atoms with Crippen molar-refractivity contribution in [3.8, 4) is 0 Å². The van der Waals surface area contributed by atoms with Crippen LogP contribution in [0.1, 0.15) is 52.9 Å². The Morgan fingerprint density at radius 3 is 2.67 bits per heavy atom. The van der Waals surface area contributed by atoms with E-state index in [0.717, 1.165) is 24.8 Å². The zero-order valence-electron chi connectivity index (χ0n) is 15.1. The second-order valence-electron chi connectivity index (χ2n) is 8.13. The van der Waals surface area contributed by atoms with Crippen molar-refractivity contribution >= 4 is 29.3 Å². The van der Waals surface area contributed by atoms with Gasteiger partial charge in [0.05, 0.1) is 10.7 Å². The topological polar surface area (TPSA) is 37.3 Å². The molecule has 134 valence electrons. The number of carbonyl (C=O) groups excluding carboxylic acids is 1. The summed E-state index contributed by atoms with van der Waals surface area (Å²) in [6.45, 7) is 10.7. The van der Waals surface area contributed by atoms with Gasteiger partial charge >= 0.3 is 0 Å². The Bertz CT molecular complexity index is 564. The fourth-order valence-corrected chi connectivity index (χ4v) is 8.03. The number of allylic oxidation sites excluding steroid dienone is 2. The fourth-order valence-electron chi connectivity index (χ4n) is 4.72. The molecule has 4 atom stereocenters. The number of hydrogen-bond donors (Lipinski definition) is 1. The van der Waals surface area contributed by atoms with Crippen molar-refractivity contribution < 1.29 is 9.90 Å². The second kappa shape index (κ2) is 6.85. The molecule has 0 aromatic heterocycles. The number of thioether (sulfide) groups is 2. The maximum Gasteiger partial charge on any atom is 0.159 e. The first-order chi connectivity index (χ1) is 11.3. The zero-order valence-corrected chi connectivity index (χ0v) is 16.8. The summed E-state index contributed by atoms with van der Waals surface area (Å²) < 4.78 is 0.458. The lowest BCUT2D eigenvalue weighted by Gasteiger charge is -2.47. The predicted octanol–water partition coefficient (Wildman–Crippen LogP) is 4.83. The van der Waals surface area contributed by atoms with E-state index < -0.39 is 11.5 Å². The highest BCUT2D eigenvalue weighted by Crippen LogP contribution is 2.55. The molecule has 0 spiro atoms. The molecule has 1 saturated heterocycles. The molecule has 0 saturated carbocycles. The van der Waals surface area contributed by atoms with E-state index in [4.69, 9.17) is 0 Å². The first kappa shape index (κ1) is 18.6. The molecule has 3 aliphatic rings. The standard InChI is InChI=1S/C20H30O2S2/c1-5-19(3,18-23-10-11-24-18)12-16(22)20(4)13(2)6-7-14-8-9-15(21)17(14)20/h5,13,16,18,22H,1,6-12H2,2-4H3/t13-,16+,19+,20+/m0/s1. The van der Waals surface area contributed by atoms with Gasteiger partial charge in [0.25, 0.3) is 0 Å². The Labute approximate surface area is 154 Å². The molecule has 0 unspecified atom stereocenters. The molecule has 2 aliphatic carbocycles. The van der Waals surface area contributed by atoms with Gasteiger partial charge in [-0.2, -0.15) is 0 Å². The number of Topliss-reactive ketones (excluding diaryl/α,β-unsaturated/α-hetero) is 1. The minimum atomic E-state index is -0.496. The van der Waals surface area contributed by atoms with Crippen LogP contribution >= 0.6 is 23.5 Å². The van der Waals surface area contributed by atoms with Gasteiger partial charge in [0.1, 0.15) is 0 Å². The fraction of sp³-hybridized carbons (Fsp3) is 0.750. The summed E-state index contributed by atoms with van der Waals surface area (Å²) in [6.07, 6.45) is 5.91. The first-order valence-corrected chi connectivity index (χ1v) is 11.2. The van der Waals surface area contributed by atoms with Gasteiger partial charge in [0.15, 0.2) is 5.78 Å². The minimum absolute atomic E-state index is 0.103. The van der Waals surface area contributed by atoms with Crippen LogP contribution in [-0.2, 0) is 4.79 Å². The van der Waals surface area contributed by atoms with Crippen LogP contribution in [0.4, 0.5) is 0 Å². The summed E-state index contributed by atoms with van der Waals surface area (Å²) in [7, 11) is 0. The molecule has 3 rings (SSSR count). The van der Waals surface area contributed by atoms with E-state index in [1.807, 2.05) is 29.6 Å². The lowest BCUT2D eigenvalue weighted by Crippen LogP contribution is -2.46. The highest BCUT2D eigenvalue weighted by atomic mass is 32.2. The number of hydrogen-bond acceptors (Lipinski definition) is 4. The van der Waals surface area contributed by atoms with Crippen LogP contribution in [0.5, 0.6) is 0 Å². The summed E-state index contributed by atoms with van der Waals surface area (Å²) in [5, 5.41) is 11.3. The van der Waals surface area contributed by atoms with Gasteiger partial charge in [0, 0.05) is 34.3 Å². The third-order valence-corrected chi connectivity index (χ3v) is 10.3. The Hall–Kier alpha value is -0.190. The van der Waals surface area contributed by atoms with Crippen LogP contribution in [0.25, 0.3) is 0 Å². The minimum Gasteiger partial charge on any atom is -0.392 e. The molecular weight excluding hydrogens is 336 g/mol. The van der Waals surface area contributed by atoms with Crippen LogP contribution in [0.2, 0.25) is 0 Å². The molecule has 1 N–H and O–H groups in total. The van der Waals surface area contributed by atoms with Crippen molar-refractivity contribution in [2.45, 2.75) is 63.6 Å². The van der Waals surface area contributed by atoms with Gasteiger partial charge in [-0.1, -0.05) is 32.4 Å². The lowest BCUT2D eigenvalue weighted by molar-refractivity contribution is -0.118. The molecular formula is C20H30O2S2. The normalized spacial score (nSPS) is 35.0. The third-order valence-electron chi connectivity index (χ3n) is 6.68. The van der Waals surface area contributed by atoms with Crippen LogP contribution in [0.3, 0.4) is 0 Å². The van der Waals surface area contributed by atoms with E-state index in [0.29, 0.717) is 23.3 Å². The molecule has 24 heavy (non-hydrogen) atoms. The molecule has 4 heteroatoms. The molecule has 1 heterocycles. The molecule has 2 nitrogen and oxygen atoms in total. The molecule has 1 aliphatic heterocycles. The Balaban J connectivity index is 1.89. The number of aliphatic hydroxyl groups excluding tert-OH is 1. The van der Waals surface area contributed by atoms with Crippen LogP contribution < -0.4 is 0 Å². The van der Waals surface area contributed by atoms with Crippen LogP contribution in [0, 0.1) is 16.7 Å². The van der Waals surface area contributed by atoms with Gasteiger partial charge < -0.3 is 5.11 Å². The summed E-state index contributed by atoms with van der Waals surface area (Å²) >= 11 is 3.97. The SMILES string of the molecule is C=C[C@](C)(C[C@@H](O)[C@]1(C)C2=C(CCC2=O)CC[C@@H]1C)C1SCCS1. The summed E-state index contributed by atoms with van der Waals surface area (Å²) in [5.41, 5.74) is 1.80. The van der Waals surface area contributed by atoms with Crippen molar-refractivity contribution in [2.24, 2.45) is 16.7 Å². The largest absolute Gasteiger partial charge is 0.392 e. The third kappa shape index (κ3) is 2.93. The molecule has 1 fully saturated rings. The number of ketones is 1. The number of carbonyl (C=O) groups is 1. The number of aliphatic hydroxyl groups is 1. The van der Waals surface area contributed by atoms with Gasteiger partial charge in [-0.25, -0.2) is 0 Å². The molecule has 0 amide bonds. The van der Waals surface area contributed by atoms with Crippen molar-refractivity contribution in [1.82, 2.24) is 0 Å². The molecule has 0 bridgehead atoms. The predicted molar refractivity (Wildman–Crippen MR) is 105 cm³/mol. The lowest BCUT2D eigenvalue weighted by atomic mass is 9.60. The quantitative estimate of drug-likeness (QED) is 0.707. The maximum absolute atomic E-state index is 12.6. The first-order valence-electron chi connectivity index (χ1n) is 9.13. The van der Waals surface area contributed by atoms with Crippen molar-refractivity contribution in [3.05, 3.63) is 23.8 Å². The monoisotopic (exact) mass is 366 g/mol. The zero-order chi connectivity index (χ0) is 17.5.